The predicted molar refractivity (Wildman–Crippen MR) is 110 cm³/mol. The summed E-state index contributed by atoms with van der Waals surface area (Å²) in [6.45, 7) is 3.00. The molecule has 1 heterocycles. The van der Waals surface area contributed by atoms with Crippen LogP contribution in [0.25, 0.3) is 0 Å². The van der Waals surface area contributed by atoms with Crippen LogP contribution < -0.4 is 15.4 Å². The van der Waals surface area contributed by atoms with E-state index >= 15 is 0 Å². The van der Waals surface area contributed by atoms with E-state index in [0.29, 0.717) is 30.4 Å². The molecule has 3 aromatic rings. The molecule has 7 heteroatoms. The van der Waals surface area contributed by atoms with E-state index in [0.717, 1.165) is 17.0 Å². The summed E-state index contributed by atoms with van der Waals surface area (Å²) in [5.74, 6) is 1.00. The predicted octanol–water partition coefficient (Wildman–Crippen LogP) is 4.24. The molecule has 1 amide bonds. The summed E-state index contributed by atoms with van der Waals surface area (Å²) >= 11 is 5.87. The lowest BCUT2D eigenvalue weighted by atomic mass is 10.1. The van der Waals surface area contributed by atoms with Crippen LogP contribution in [0.15, 0.2) is 60.7 Å². The average molecular weight is 397 g/mol. The van der Waals surface area contributed by atoms with Gasteiger partial charge in [-0.05, 0) is 55.3 Å². The number of carbonyl (C=O) groups excluding carboxylic acids is 1. The van der Waals surface area contributed by atoms with Gasteiger partial charge in [0.1, 0.15) is 5.75 Å². The Morgan fingerprint density at radius 2 is 1.82 bits per heavy atom. The summed E-state index contributed by atoms with van der Waals surface area (Å²) in [4.78, 5) is 12.2. The van der Waals surface area contributed by atoms with Crippen molar-refractivity contribution >= 4 is 29.0 Å². The smallest absolute Gasteiger partial charge is 0.271 e. The highest BCUT2D eigenvalue weighted by Crippen LogP contribution is 2.26. The van der Waals surface area contributed by atoms with Gasteiger partial charge in [-0.25, -0.2) is 0 Å². The van der Waals surface area contributed by atoms with Crippen molar-refractivity contribution in [3.63, 3.8) is 0 Å². The van der Waals surface area contributed by atoms with Crippen molar-refractivity contribution in [1.82, 2.24) is 15.5 Å². The molecule has 0 fully saturated rings. The van der Waals surface area contributed by atoms with Gasteiger partial charge in [0.25, 0.3) is 5.91 Å². The van der Waals surface area contributed by atoms with E-state index in [2.05, 4.69) is 20.8 Å². The molecule has 1 aromatic heterocycles. The van der Waals surface area contributed by atoms with E-state index in [-0.39, 0.29) is 11.6 Å². The Hall–Kier alpha value is -3.12. The first-order valence-corrected chi connectivity index (χ1v) is 9.38. The molecule has 3 rings (SSSR count). The number of hydrogen-bond acceptors (Lipinski definition) is 5. The first-order chi connectivity index (χ1) is 13.7. The summed E-state index contributed by atoms with van der Waals surface area (Å²) < 4.78 is 5.58. The topological polar surface area (TPSA) is 76.1 Å². The van der Waals surface area contributed by atoms with Crippen LogP contribution in [0.5, 0.6) is 5.75 Å². The van der Waals surface area contributed by atoms with E-state index < -0.39 is 0 Å². The van der Waals surface area contributed by atoms with Crippen LogP contribution in [0.3, 0.4) is 0 Å². The van der Waals surface area contributed by atoms with Crippen molar-refractivity contribution in [3.05, 3.63) is 76.9 Å². The van der Waals surface area contributed by atoms with Crippen LogP contribution in [0, 0.1) is 0 Å². The van der Waals surface area contributed by atoms with Gasteiger partial charge in [-0.15, -0.1) is 10.2 Å². The summed E-state index contributed by atoms with van der Waals surface area (Å²) in [6, 6.07) is 18.5. The Bertz CT molecular complexity index is 914. The number of nitrogens with zero attached hydrogens (tertiary/aromatic N) is 2. The standard InChI is InChI=1S/C21H21ClN4O2/c1-2-28-19-6-4-3-5-17(19)24-20-12-11-18(25-26-20)21(27)23-14-13-15-7-9-16(22)10-8-15/h3-12H,2,13-14H2,1H3,(H,23,27)(H,24,26). The highest BCUT2D eigenvalue weighted by Gasteiger charge is 2.09. The van der Waals surface area contributed by atoms with Crippen molar-refractivity contribution < 1.29 is 9.53 Å². The molecular formula is C21H21ClN4O2. The summed E-state index contributed by atoms with van der Waals surface area (Å²) in [5, 5.41) is 14.8. The molecule has 0 unspecified atom stereocenters. The molecule has 0 aliphatic rings. The fourth-order valence-electron chi connectivity index (χ4n) is 2.57. The number of hydrogen-bond donors (Lipinski definition) is 2. The number of anilines is 2. The number of aromatic nitrogens is 2. The fourth-order valence-corrected chi connectivity index (χ4v) is 2.70. The van der Waals surface area contributed by atoms with Crippen LogP contribution in [0.4, 0.5) is 11.5 Å². The summed E-state index contributed by atoms with van der Waals surface area (Å²) in [5.41, 5.74) is 2.15. The number of amides is 1. The SMILES string of the molecule is CCOc1ccccc1Nc1ccc(C(=O)NCCc2ccc(Cl)cc2)nn1. The van der Waals surface area contributed by atoms with Crippen LogP contribution in [-0.4, -0.2) is 29.3 Å². The Kier molecular flexibility index (Phi) is 6.81. The number of halogens is 1. The van der Waals surface area contributed by atoms with E-state index in [1.807, 2.05) is 55.5 Å². The molecule has 0 atom stereocenters. The maximum Gasteiger partial charge on any atom is 0.271 e. The van der Waals surface area contributed by atoms with Gasteiger partial charge in [0.05, 0.1) is 12.3 Å². The molecule has 0 aliphatic carbocycles. The number of nitrogens with one attached hydrogen (secondary N) is 2. The summed E-state index contributed by atoms with van der Waals surface area (Å²) in [6.07, 6.45) is 0.712. The number of ether oxygens (including phenoxy) is 1. The molecule has 28 heavy (non-hydrogen) atoms. The second kappa shape index (κ2) is 9.71. The Morgan fingerprint density at radius 1 is 1.04 bits per heavy atom. The zero-order chi connectivity index (χ0) is 19.8. The molecule has 2 aromatic carbocycles. The first-order valence-electron chi connectivity index (χ1n) is 9.01. The fraction of sp³-hybridized carbons (Fsp3) is 0.190. The van der Waals surface area contributed by atoms with E-state index in [4.69, 9.17) is 16.3 Å². The number of carbonyl (C=O) groups is 1. The molecule has 2 N–H and O–H groups in total. The third-order valence-electron chi connectivity index (χ3n) is 3.96. The minimum atomic E-state index is -0.261. The van der Waals surface area contributed by atoms with Gasteiger partial charge >= 0.3 is 0 Å². The van der Waals surface area contributed by atoms with Crippen LogP contribution in [0.1, 0.15) is 23.0 Å². The zero-order valence-electron chi connectivity index (χ0n) is 15.5. The lowest BCUT2D eigenvalue weighted by Crippen LogP contribution is -2.26. The van der Waals surface area contributed by atoms with Gasteiger partial charge in [-0.1, -0.05) is 35.9 Å². The number of benzene rings is 2. The third-order valence-corrected chi connectivity index (χ3v) is 4.21. The maximum atomic E-state index is 12.2. The highest BCUT2D eigenvalue weighted by atomic mass is 35.5. The van der Waals surface area contributed by atoms with Crippen LogP contribution >= 0.6 is 11.6 Å². The second-order valence-electron chi connectivity index (χ2n) is 5.99. The Morgan fingerprint density at radius 3 is 2.54 bits per heavy atom. The van der Waals surface area contributed by atoms with E-state index in [9.17, 15) is 4.79 Å². The van der Waals surface area contributed by atoms with Gasteiger partial charge in [0.2, 0.25) is 0 Å². The Balaban J connectivity index is 1.55. The van der Waals surface area contributed by atoms with Crippen molar-refractivity contribution in [2.24, 2.45) is 0 Å². The van der Waals surface area contributed by atoms with Crippen molar-refractivity contribution in [3.8, 4) is 5.75 Å². The first kappa shape index (κ1) is 19.6. The second-order valence-corrected chi connectivity index (χ2v) is 6.43. The van der Waals surface area contributed by atoms with Gasteiger partial charge < -0.3 is 15.4 Å². The van der Waals surface area contributed by atoms with Crippen molar-refractivity contribution in [2.45, 2.75) is 13.3 Å². The molecule has 0 saturated carbocycles. The lowest BCUT2D eigenvalue weighted by Gasteiger charge is -2.11. The van der Waals surface area contributed by atoms with E-state index in [1.54, 1.807) is 12.1 Å². The van der Waals surface area contributed by atoms with Crippen LogP contribution in [0.2, 0.25) is 5.02 Å². The monoisotopic (exact) mass is 396 g/mol. The molecule has 144 valence electrons. The van der Waals surface area contributed by atoms with Gasteiger partial charge in [-0.2, -0.15) is 0 Å². The zero-order valence-corrected chi connectivity index (χ0v) is 16.2. The minimum absolute atomic E-state index is 0.261. The van der Waals surface area contributed by atoms with Crippen molar-refractivity contribution in [1.29, 1.82) is 0 Å². The quantitative estimate of drug-likeness (QED) is 0.595. The van der Waals surface area contributed by atoms with Gasteiger partial charge in [0, 0.05) is 11.6 Å². The average Bonchev–Trinajstić information content (AvgIpc) is 2.71. The summed E-state index contributed by atoms with van der Waals surface area (Å²) in [7, 11) is 0. The molecule has 0 saturated heterocycles. The number of para-hydroxylation sites is 2. The third kappa shape index (κ3) is 5.44. The maximum absolute atomic E-state index is 12.2. The minimum Gasteiger partial charge on any atom is -0.492 e. The molecular weight excluding hydrogens is 376 g/mol. The lowest BCUT2D eigenvalue weighted by molar-refractivity contribution is 0.0948. The Labute approximate surface area is 168 Å². The highest BCUT2D eigenvalue weighted by molar-refractivity contribution is 6.30. The van der Waals surface area contributed by atoms with Crippen molar-refractivity contribution in [2.75, 3.05) is 18.5 Å². The number of rotatable bonds is 8. The molecule has 0 radical (unpaired) electrons. The molecule has 6 nitrogen and oxygen atoms in total. The van der Waals surface area contributed by atoms with Gasteiger partial charge in [0.15, 0.2) is 11.5 Å². The molecule has 0 bridgehead atoms. The van der Waals surface area contributed by atoms with E-state index in [1.165, 1.54) is 0 Å². The largest absolute Gasteiger partial charge is 0.492 e. The van der Waals surface area contributed by atoms with Gasteiger partial charge in [-0.3, -0.25) is 4.79 Å². The normalized spacial score (nSPS) is 10.4. The molecule has 0 aliphatic heterocycles. The van der Waals surface area contributed by atoms with Crippen LogP contribution in [-0.2, 0) is 6.42 Å². The molecule has 0 spiro atoms.